The Labute approximate surface area is 97.2 Å². The fourth-order valence-corrected chi connectivity index (χ4v) is 2.10. The molecule has 0 saturated heterocycles. The number of carbonyl (C=O) groups is 1. The van der Waals surface area contributed by atoms with Crippen LogP contribution in [-0.2, 0) is 9.53 Å². The summed E-state index contributed by atoms with van der Waals surface area (Å²) < 4.78 is 5.32. The van der Waals surface area contributed by atoms with Gasteiger partial charge in [0.2, 0.25) is 0 Å². The molecule has 0 heterocycles. The van der Waals surface area contributed by atoms with Crippen LogP contribution in [0.2, 0.25) is 0 Å². The molecule has 1 aliphatic rings. The topological polar surface area (TPSA) is 72.5 Å². The second-order valence-electron chi connectivity index (χ2n) is 5.40. The molecule has 4 heteroatoms. The number of carboxylic acids is 1. The van der Waals surface area contributed by atoms with E-state index in [1.54, 1.807) is 7.11 Å². The molecule has 0 aliphatic heterocycles. The summed E-state index contributed by atoms with van der Waals surface area (Å²) in [5, 5.41) is 9.38. The largest absolute Gasteiger partial charge is 0.481 e. The Balaban J connectivity index is 2.67. The smallest absolute Gasteiger partial charge is 0.311 e. The second-order valence-corrected chi connectivity index (χ2v) is 5.40. The SMILES string of the molecule is COC(C)(C)CCC(CN)(C(=O)O)C1CC1. The van der Waals surface area contributed by atoms with Gasteiger partial charge in [0, 0.05) is 13.7 Å². The van der Waals surface area contributed by atoms with Crippen molar-refractivity contribution in [3.8, 4) is 0 Å². The monoisotopic (exact) mass is 229 g/mol. The van der Waals surface area contributed by atoms with Crippen LogP contribution < -0.4 is 5.73 Å². The van der Waals surface area contributed by atoms with Gasteiger partial charge in [-0.3, -0.25) is 4.79 Å². The quantitative estimate of drug-likeness (QED) is 0.696. The summed E-state index contributed by atoms with van der Waals surface area (Å²) in [7, 11) is 1.65. The molecule has 94 valence electrons. The van der Waals surface area contributed by atoms with Crippen LogP contribution in [0.1, 0.15) is 39.5 Å². The lowest BCUT2D eigenvalue weighted by Crippen LogP contribution is -2.42. The number of carboxylic acid groups (broad SMARTS) is 1. The number of hydrogen-bond donors (Lipinski definition) is 2. The fraction of sp³-hybridized carbons (Fsp3) is 0.917. The molecule has 1 saturated carbocycles. The molecule has 0 radical (unpaired) electrons. The van der Waals surface area contributed by atoms with Crippen LogP contribution in [0.25, 0.3) is 0 Å². The van der Waals surface area contributed by atoms with Crippen molar-refractivity contribution in [1.82, 2.24) is 0 Å². The first-order valence-corrected chi connectivity index (χ1v) is 5.86. The third-order valence-corrected chi connectivity index (χ3v) is 3.87. The third-order valence-electron chi connectivity index (χ3n) is 3.87. The average molecular weight is 229 g/mol. The number of methoxy groups -OCH3 is 1. The summed E-state index contributed by atoms with van der Waals surface area (Å²) in [5.41, 5.74) is 4.70. The number of aliphatic carboxylic acids is 1. The highest BCUT2D eigenvalue weighted by atomic mass is 16.5. The Morgan fingerprint density at radius 3 is 2.31 bits per heavy atom. The van der Waals surface area contributed by atoms with E-state index in [9.17, 15) is 9.90 Å². The Morgan fingerprint density at radius 2 is 2.00 bits per heavy atom. The molecular formula is C12H23NO3. The maximum atomic E-state index is 11.4. The predicted molar refractivity (Wildman–Crippen MR) is 62.2 cm³/mol. The van der Waals surface area contributed by atoms with Crippen molar-refractivity contribution in [3.05, 3.63) is 0 Å². The summed E-state index contributed by atoms with van der Waals surface area (Å²) in [5.74, 6) is -0.480. The first-order valence-electron chi connectivity index (χ1n) is 5.86. The van der Waals surface area contributed by atoms with Gasteiger partial charge in [0.1, 0.15) is 0 Å². The molecule has 0 amide bonds. The van der Waals surface area contributed by atoms with Crippen molar-refractivity contribution in [2.24, 2.45) is 17.1 Å². The number of ether oxygens (including phenoxy) is 1. The van der Waals surface area contributed by atoms with Crippen LogP contribution in [0.4, 0.5) is 0 Å². The lowest BCUT2D eigenvalue weighted by atomic mass is 9.76. The van der Waals surface area contributed by atoms with Gasteiger partial charge < -0.3 is 15.6 Å². The first-order chi connectivity index (χ1) is 7.38. The van der Waals surface area contributed by atoms with E-state index < -0.39 is 11.4 Å². The van der Waals surface area contributed by atoms with E-state index >= 15 is 0 Å². The maximum Gasteiger partial charge on any atom is 0.311 e. The first kappa shape index (κ1) is 13.5. The van der Waals surface area contributed by atoms with E-state index in [4.69, 9.17) is 10.5 Å². The molecule has 1 fully saturated rings. The number of nitrogens with two attached hydrogens (primary N) is 1. The molecule has 3 N–H and O–H groups in total. The molecule has 1 atom stereocenters. The summed E-state index contributed by atoms with van der Waals surface area (Å²) in [6.07, 6.45) is 3.32. The highest BCUT2D eigenvalue weighted by Gasteiger charge is 2.50. The van der Waals surface area contributed by atoms with Gasteiger partial charge in [0.25, 0.3) is 0 Å². The van der Waals surface area contributed by atoms with Crippen molar-refractivity contribution >= 4 is 5.97 Å². The number of hydrogen-bond acceptors (Lipinski definition) is 3. The molecule has 0 spiro atoms. The number of rotatable bonds is 7. The van der Waals surface area contributed by atoms with Crippen LogP contribution >= 0.6 is 0 Å². The Bertz CT molecular complexity index is 261. The molecule has 16 heavy (non-hydrogen) atoms. The van der Waals surface area contributed by atoms with Gasteiger partial charge in [0.05, 0.1) is 11.0 Å². The highest BCUT2D eigenvalue weighted by molar-refractivity contribution is 5.76. The third kappa shape index (κ3) is 2.74. The van der Waals surface area contributed by atoms with Crippen molar-refractivity contribution in [2.45, 2.75) is 45.1 Å². The minimum Gasteiger partial charge on any atom is -0.481 e. The van der Waals surface area contributed by atoms with Crippen LogP contribution in [0.15, 0.2) is 0 Å². The second kappa shape index (κ2) is 4.72. The maximum absolute atomic E-state index is 11.4. The minimum atomic E-state index is -0.746. The van der Waals surface area contributed by atoms with Gasteiger partial charge >= 0.3 is 5.97 Å². The molecular weight excluding hydrogens is 206 g/mol. The van der Waals surface area contributed by atoms with E-state index in [1.165, 1.54) is 0 Å². The van der Waals surface area contributed by atoms with E-state index in [0.717, 1.165) is 19.3 Å². The van der Waals surface area contributed by atoms with Gasteiger partial charge in [-0.1, -0.05) is 0 Å². The van der Waals surface area contributed by atoms with Gasteiger partial charge in [0.15, 0.2) is 0 Å². The molecule has 0 aromatic heterocycles. The summed E-state index contributed by atoms with van der Waals surface area (Å²) in [6, 6.07) is 0. The zero-order valence-electron chi connectivity index (χ0n) is 10.5. The summed E-state index contributed by atoms with van der Waals surface area (Å²) in [6.45, 7) is 4.18. The molecule has 0 aromatic carbocycles. The average Bonchev–Trinajstić information content (AvgIpc) is 3.03. The van der Waals surface area contributed by atoms with Gasteiger partial charge in [-0.2, -0.15) is 0 Å². The predicted octanol–water partition coefficient (Wildman–Crippen LogP) is 1.63. The zero-order valence-corrected chi connectivity index (χ0v) is 10.5. The molecule has 1 aliphatic carbocycles. The highest BCUT2D eigenvalue weighted by Crippen LogP contribution is 2.48. The van der Waals surface area contributed by atoms with E-state index in [0.29, 0.717) is 6.42 Å². The summed E-state index contributed by atoms with van der Waals surface area (Å²) >= 11 is 0. The normalized spacial score (nSPS) is 20.5. The zero-order chi connectivity index (χ0) is 12.4. The van der Waals surface area contributed by atoms with Crippen molar-refractivity contribution in [2.75, 3.05) is 13.7 Å². The van der Waals surface area contributed by atoms with Crippen LogP contribution in [0.3, 0.4) is 0 Å². The van der Waals surface area contributed by atoms with Gasteiger partial charge in [-0.25, -0.2) is 0 Å². The fourth-order valence-electron chi connectivity index (χ4n) is 2.10. The Kier molecular flexibility index (Phi) is 3.97. The standard InChI is InChI=1S/C12H23NO3/c1-11(2,16-3)6-7-12(8-13,10(14)15)9-4-5-9/h9H,4-8,13H2,1-3H3,(H,14,15). The van der Waals surface area contributed by atoms with Gasteiger partial charge in [-0.15, -0.1) is 0 Å². The lowest BCUT2D eigenvalue weighted by molar-refractivity contribution is -0.151. The van der Waals surface area contributed by atoms with Crippen molar-refractivity contribution in [3.63, 3.8) is 0 Å². The molecule has 1 rings (SSSR count). The van der Waals surface area contributed by atoms with E-state index in [-0.39, 0.29) is 18.1 Å². The van der Waals surface area contributed by atoms with Crippen molar-refractivity contribution < 1.29 is 14.6 Å². The summed E-state index contributed by atoms with van der Waals surface area (Å²) in [4.78, 5) is 11.4. The van der Waals surface area contributed by atoms with E-state index in [2.05, 4.69) is 0 Å². The minimum absolute atomic E-state index is 0.229. The van der Waals surface area contributed by atoms with Crippen LogP contribution in [-0.4, -0.2) is 30.3 Å². The Morgan fingerprint density at radius 1 is 1.44 bits per heavy atom. The molecule has 0 bridgehead atoms. The Hall–Kier alpha value is -0.610. The molecule has 1 unspecified atom stereocenters. The van der Waals surface area contributed by atoms with Crippen LogP contribution in [0.5, 0.6) is 0 Å². The van der Waals surface area contributed by atoms with Crippen molar-refractivity contribution in [1.29, 1.82) is 0 Å². The van der Waals surface area contributed by atoms with Gasteiger partial charge in [-0.05, 0) is 45.4 Å². The lowest BCUT2D eigenvalue weighted by Gasteiger charge is -2.32. The molecule has 0 aromatic rings. The molecule has 4 nitrogen and oxygen atoms in total. The van der Waals surface area contributed by atoms with E-state index in [1.807, 2.05) is 13.8 Å². The van der Waals surface area contributed by atoms with Crippen LogP contribution in [0, 0.1) is 11.3 Å².